The Labute approximate surface area is 101 Å². The van der Waals surface area contributed by atoms with Gasteiger partial charge < -0.3 is 15.1 Å². The maximum atomic E-state index is 10.4. The summed E-state index contributed by atoms with van der Waals surface area (Å²) in [5.41, 5.74) is 1.90. The molecule has 1 rings (SSSR count). The van der Waals surface area contributed by atoms with Gasteiger partial charge in [-0.25, -0.2) is 0 Å². The molecule has 0 saturated carbocycles. The second-order valence-corrected chi connectivity index (χ2v) is 3.90. The van der Waals surface area contributed by atoms with Gasteiger partial charge in [-0.2, -0.15) is 0 Å². The summed E-state index contributed by atoms with van der Waals surface area (Å²) in [6.45, 7) is 4.21. The number of benzene rings is 1. The van der Waals surface area contributed by atoms with Crippen molar-refractivity contribution in [2.24, 2.45) is 0 Å². The fourth-order valence-electron chi connectivity index (χ4n) is 1.64. The van der Waals surface area contributed by atoms with E-state index in [0.29, 0.717) is 13.0 Å². The lowest BCUT2D eigenvalue weighted by Gasteiger charge is -2.09. The first-order chi connectivity index (χ1) is 8.21. The maximum absolute atomic E-state index is 10.4. The van der Waals surface area contributed by atoms with Crippen LogP contribution in [0, 0.1) is 0 Å². The normalized spacial score (nSPS) is 13.5. The summed E-state index contributed by atoms with van der Waals surface area (Å²) in [4.78, 5) is 0. The van der Waals surface area contributed by atoms with E-state index in [0.717, 1.165) is 11.1 Å². The van der Waals surface area contributed by atoms with Crippen molar-refractivity contribution in [3.8, 4) is 0 Å². The van der Waals surface area contributed by atoms with Crippen molar-refractivity contribution in [2.45, 2.75) is 32.8 Å². The van der Waals surface area contributed by atoms with E-state index in [4.69, 9.17) is 9.84 Å². The first kappa shape index (κ1) is 13.5. The van der Waals surface area contributed by atoms with Gasteiger partial charge in [0, 0.05) is 0 Å². The van der Waals surface area contributed by atoms with E-state index in [-0.39, 0.29) is 18.5 Å². The number of aliphatic hydroxyl groups is 1. The van der Waals surface area contributed by atoms with Gasteiger partial charge in [-0.1, -0.05) is 31.2 Å². The average molecular weight is 238 g/mol. The third kappa shape index (κ3) is 4.07. The second kappa shape index (κ2) is 6.91. The van der Waals surface area contributed by atoms with E-state index >= 15 is 0 Å². The highest BCUT2D eigenvalue weighted by Crippen LogP contribution is 2.20. The van der Waals surface area contributed by atoms with Crippen LogP contribution in [-0.4, -0.2) is 17.7 Å². The van der Waals surface area contributed by atoms with Crippen LogP contribution in [0.3, 0.4) is 0 Å². The zero-order valence-corrected chi connectivity index (χ0v) is 10.2. The van der Waals surface area contributed by atoms with Crippen LogP contribution in [0.1, 0.15) is 37.3 Å². The smallest absolute Gasteiger partial charge is 0.497 e. The van der Waals surface area contributed by atoms with E-state index in [2.05, 4.69) is 4.58 Å². The van der Waals surface area contributed by atoms with Gasteiger partial charge in [0.2, 0.25) is 0 Å². The van der Waals surface area contributed by atoms with Crippen LogP contribution in [0.5, 0.6) is 0 Å². The van der Waals surface area contributed by atoms with Gasteiger partial charge in [0.15, 0.2) is 6.61 Å². The van der Waals surface area contributed by atoms with Crippen molar-refractivity contribution in [1.82, 2.24) is 0 Å². The summed E-state index contributed by atoms with van der Waals surface area (Å²) in [7, 11) is 0. The van der Waals surface area contributed by atoms with E-state index < -0.39 is 0 Å². The van der Waals surface area contributed by atoms with Crippen molar-refractivity contribution in [3.05, 3.63) is 35.4 Å². The Morgan fingerprint density at radius 2 is 2.29 bits per heavy atom. The zero-order valence-electron chi connectivity index (χ0n) is 10.2. The Hall–Kier alpha value is -1.55. The molecule has 1 aromatic carbocycles. The van der Waals surface area contributed by atoms with Crippen molar-refractivity contribution in [2.75, 3.05) is 6.61 Å². The molecule has 0 amide bonds. The van der Waals surface area contributed by atoms with Crippen molar-refractivity contribution < 1.29 is 19.7 Å². The molecule has 4 heteroatoms. The van der Waals surface area contributed by atoms with Crippen molar-refractivity contribution >= 4 is 5.97 Å². The average Bonchev–Trinajstić information content (AvgIpc) is 2.38. The van der Waals surface area contributed by atoms with Crippen LogP contribution >= 0.6 is 0 Å². The SMILES string of the molecule is CCOC(CC(C)c1cccc(CO)c1)=[O+][O-]. The van der Waals surface area contributed by atoms with E-state index in [1.807, 2.05) is 31.2 Å². The number of hydrogen-bond donors (Lipinski definition) is 1. The molecule has 1 N–H and O–H groups in total. The van der Waals surface area contributed by atoms with Gasteiger partial charge in [-0.3, -0.25) is 4.58 Å². The summed E-state index contributed by atoms with van der Waals surface area (Å²) >= 11 is 0. The Morgan fingerprint density at radius 1 is 1.53 bits per heavy atom. The quantitative estimate of drug-likeness (QED) is 0.361. The minimum absolute atomic E-state index is 0.0145. The molecule has 0 aromatic heterocycles. The summed E-state index contributed by atoms with van der Waals surface area (Å²) in [5, 5.41) is 19.5. The number of ether oxygens (including phenoxy) is 1. The summed E-state index contributed by atoms with van der Waals surface area (Å²) < 4.78 is 9.01. The molecule has 0 saturated heterocycles. The van der Waals surface area contributed by atoms with Crippen LogP contribution in [0.4, 0.5) is 0 Å². The van der Waals surface area contributed by atoms with Gasteiger partial charge >= 0.3 is 5.97 Å². The molecule has 1 aromatic rings. The van der Waals surface area contributed by atoms with Gasteiger partial charge in [0.25, 0.3) is 0 Å². The van der Waals surface area contributed by atoms with Gasteiger partial charge in [-0.05, 0) is 24.0 Å². The van der Waals surface area contributed by atoms with Crippen molar-refractivity contribution in [1.29, 1.82) is 0 Å². The molecule has 0 bridgehead atoms. The van der Waals surface area contributed by atoms with Gasteiger partial charge in [-0.15, -0.1) is 0 Å². The summed E-state index contributed by atoms with van der Waals surface area (Å²) in [5.74, 6) is 0.214. The fourth-order valence-corrected chi connectivity index (χ4v) is 1.64. The van der Waals surface area contributed by atoms with Crippen molar-refractivity contribution in [3.63, 3.8) is 0 Å². The molecule has 0 radical (unpaired) electrons. The third-order valence-corrected chi connectivity index (χ3v) is 2.57. The lowest BCUT2D eigenvalue weighted by molar-refractivity contribution is -1.05. The Kier molecular flexibility index (Phi) is 5.49. The summed E-state index contributed by atoms with van der Waals surface area (Å²) in [6.07, 6.45) is 0.423. The minimum Gasteiger partial charge on any atom is -0.588 e. The lowest BCUT2D eigenvalue weighted by atomic mass is 9.96. The van der Waals surface area contributed by atoms with E-state index in [1.54, 1.807) is 6.92 Å². The number of esters is 1. The number of rotatable bonds is 5. The topological polar surface area (TPSA) is 63.8 Å². The predicted molar refractivity (Wildman–Crippen MR) is 62.0 cm³/mol. The summed E-state index contributed by atoms with van der Waals surface area (Å²) in [6, 6.07) is 7.61. The Morgan fingerprint density at radius 3 is 2.88 bits per heavy atom. The number of hydrogen-bond acceptors (Lipinski definition) is 3. The van der Waals surface area contributed by atoms with Crippen LogP contribution < -0.4 is 5.26 Å². The maximum Gasteiger partial charge on any atom is 0.497 e. The number of carbonyl (C=O) groups excluding carboxylic acids is 1. The van der Waals surface area contributed by atoms with Crippen LogP contribution in [0.25, 0.3) is 0 Å². The monoisotopic (exact) mass is 238 g/mol. The minimum atomic E-state index is 0.0145. The highest BCUT2D eigenvalue weighted by molar-refractivity contribution is 5.70. The lowest BCUT2D eigenvalue weighted by Crippen LogP contribution is -2.16. The highest BCUT2D eigenvalue weighted by atomic mass is 17.1. The van der Waals surface area contributed by atoms with Crippen LogP contribution in [0.2, 0.25) is 0 Å². The largest absolute Gasteiger partial charge is 0.588 e. The van der Waals surface area contributed by atoms with Gasteiger partial charge in [0.05, 0.1) is 6.61 Å². The molecule has 1 atom stereocenters. The standard InChI is InChI=1S/C13H18O4/c1-3-16-13(17-15)7-10(2)12-6-4-5-11(8-12)9-14/h4-6,8,10,14H,3,7,9H2,1-2H3. The molecule has 0 aliphatic carbocycles. The van der Waals surface area contributed by atoms with E-state index in [9.17, 15) is 5.26 Å². The van der Waals surface area contributed by atoms with Crippen LogP contribution in [-0.2, 0) is 15.9 Å². The molecule has 0 fully saturated rings. The molecule has 17 heavy (non-hydrogen) atoms. The molecule has 0 aliphatic rings. The second-order valence-electron chi connectivity index (χ2n) is 3.90. The molecule has 0 aliphatic heterocycles. The third-order valence-electron chi connectivity index (χ3n) is 2.57. The Bertz CT molecular complexity index is 373. The first-order valence-electron chi connectivity index (χ1n) is 5.69. The molecule has 0 spiro atoms. The zero-order chi connectivity index (χ0) is 12.7. The van der Waals surface area contributed by atoms with Gasteiger partial charge in [0.1, 0.15) is 6.42 Å². The molecule has 94 valence electrons. The highest BCUT2D eigenvalue weighted by Gasteiger charge is 2.19. The fraction of sp³-hybridized carbons (Fsp3) is 0.462. The van der Waals surface area contributed by atoms with Crippen LogP contribution in [0.15, 0.2) is 24.3 Å². The predicted octanol–water partition coefficient (Wildman–Crippen LogP) is 1.05. The molecule has 4 nitrogen and oxygen atoms in total. The molecule has 0 heterocycles. The molecular formula is C13H18O4. The molecule has 1 unspecified atom stereocenters. The van der Waals surface area contributed by atoms with E-state index in [1.165, 1.54) is 0 Å². The molecular weight excluding hydrogens is 220 g/mol. The number of aliphatic hydroxyl groups excluding tert-OH is 1. The Balaban J connectivity index is 2.71. The first-order valence-corrected chi connectivity index (χ1v) is 5.69.